The first-order valence-electron chi connectivity index (χ1n) is 9.65. The van der Waals surface area contributed by atoms with Crippen LogP contribution < -0.4 is 5.32 Å². The third kappa shape index (κ3) is 4.54. The lowest BCUT2D eigenvalue weighted by molar-refractivity contribution is 0.222. The number of likely N-dealkylation sites (N-methyl/N-ethyl adjacent to an activating group) is 1. The highest BCUT2D eigenvalue weighted by atomic mass is 32.2. The van der Waals surface area contributed by atoms with Crippen LogP contribution in [-0.2, 0) is 16.6 Å². The summed E-state index contributed by atoms with van der Waals surface area (Å²) in [6, 6.07) is 13.3. The molecule has 2 aromatic carbocycles. The SMILES string of the molecule is CN1CCN(S(=O)(=O)c2ccccc2CNc2nc(-c3ccc(F)cc3)cs2)CC1. The van der Waals surface area contributed by atoms with Crippen LogP contribution in [0.15, 0.2) is 58.8 Å². The second kappa shape index (κ2) is 8.81. The minimum absolute atomic E-state index is 0.287. The van der Waals surface area contributed by atoms with E-state index < -0.39 is 10.0 Å². The number of aromatic nitrogens is 1. The van der Waals surface area contributed by atoms with Crippen LogP contribution >= 0.6 is 11.3 Å². The Hall–Kier alpha value is -2.33. The summed E-state index contributed by atoms with van der Waals surface area (Å²) in [5.41, 5.74) is 2.29. The molecule has 1 N–H and O–H groups in total. The van der Waals surface area contributed by atoms with Crippen molar-refractivity contribution in [3.63, 3.8) is 0 Å². The predicted octanol–water partition coefficient (Wildman–Crippen LogP) is 3.50. The molecule has 0 atom stereocenters. The van der Waals surface area contributed by atoms with Gasteiger partial charge in [0, 0.05) is 43.7 Å². The Morgan fingerprint density at radius 3 is 2.50 bits per heavy atom. The van der Waals surface area contributed by atoms with Crippen molar-refractivity contribution in [3.8, 4) is 11.3 Å². The number of hydrogen-bond acceptors (Lipinski definition) is 6. The molecule has 1 saturated heterocycles. The lowest BCUT2D eigenvalue weighted by Gasteiger charge is -2.32. The maximum absolute atomic E-state index is 13.2. The van der Waals surface area contributed by atoms with Gasteiger partial charge in [0.05, 0.1) is 10.6 Å². The third-order valence-corrected chi connectivity index (χ3v) is 7.93. The summed E-state index contributed by atoms with van der Waals surface area (Å²) in [4.78, 5) is 6.99. The van der Waals surface area contributed by atoms with Crippen LogP contribution in [0, 0.1) is 5.82 Å². The maximum atomic E-state index is 13.2. The van der Waals surface area contributed by atoms with Crippen molar-refractivity contribution in [2.24, 2.45) is 0 Å². The minimum atomic E-state index is -3.55. The predicted molar refractivity (Wildman–Crippen MR) is 118 cm³/mol. The Morgan fingerprint density at radius 1 is 1.07 bits per heavy atom. The molecule has 30 heavy (non-hydrogen) atoms. The van der Waals surface area contributed by atoms with Crippen LogP contribution in [0.5, 0.6) is 0 Å². The van der Waals surface area contributed by atoms with Crippen LogP contribution in [-0.4, -0.2) is 55.8 Å². The summed E-state index contributed by atoms with van der Waals surface area (Å²) in [6.07, 6.45) is 0. The molecule has 0 amide bonds. The van der Waals surface area contributed by atoms with E-state index in [0.717, 1.165) is 24.3 Å². The van der Waals surface area contributed by atoms with E-state index in [1.54, 1.807) is 28.6 Å². The normalized spacial score (nSPS) is 15.9. The van der Waals surface area contributed by atoms with Crippen LogP contribution in [0.1, 0.15) is 5.56 Å². The number of sulfonamides is 1. The van der Waals surface area contributed by atoms with Crippen molar-refractivity contribution in [2.45, 2.75) is 11.4 Å². The summed E-state index contributed by atoms with van der Waals surface area (Å²) in [5.74, 6) is -0.287. The number of rotatable bonds is 6. The van der Waals surface area contributed by atoms with Gasteiger partial charge in [0.1, 0.15) is 5.82 Å². The molecule has 9 heteroatoms. The second-order valence-corrected chi connectivity index (χ2v) is 9.98. The van der Waals surface area contributed by atoms with E-state index in [9.17, 15) is 12.8 Å². The molecule has 3 aromatic rings. The standard InChI is InChI=1S/C21H23FN4O2S2/c1-25-10-12-26(13-11-25)30(27,28)20-5-3-2-4-17(20)14-23-21-24-19(15-29-21)16-6-8-18(22)9-7-16/h2-9,15H,10-14H2,1H3,(H,23,24). The van der Waals surface area contributed by atoms with Gasteiger partial charge in [-0.2, -0.15) is 4.31 Å². The summed E-state index contributed by atoms with van der Waals surface area (Å²) in [5, 5.41) is 5.80. The highest BCUT2D eigenvalue weighted by Crippen LogP contribution is 2.27. The van der Waals surface area contributed by atoms with Crippen molar-refractivity contribution in [1.29, 1.82) is 0 Å². The average molecular weight is 447 g/mol. The monoisotopic (exact) mass is 446 g/mol. The number of nitrogens with zero attached hydrogens (tertiary/aromatic N) is 3. The smallest absolute Gasteiger partial charge is 0.243 e. The maximum Gasteiger partial charge on any atom is 0.243 e. The lowest BCUT2D eigenvalue weighted by atomic mass is 10.2. The first-order valence-corrected chi connectivity index (χ1v) is 12.0. The van der Waals surface area contributed by atoms with Gasteiger partial charge in [-0.25, -0.2) is 17.8 Å². The topological polar surface area (TPSA) is 65.5 Å². The van der Waals surface area contributed by atoms with Gasteiger partial charge >= 0.3 is 0 Å². The molecule has 1 fully saturated rings. The molecule has 4 rings (SSSR count). The molecule has 1 aliphatic rings. The summed E-state index contributed by atoms with van der Waals surface area (Å²) >= 11 is 1.43. The molecule has 1 aromatic heterocycles. The fourth-order valence-electron chi connectivity index (χ4n) is 3.35. The molecule has 0 bridgehead atoms. The number of halogens is 1. The number of nitrogens with one attached hydrogen (secondary N) is 1. The molecule has 158 valence electrons. The summed E-state index contributed by atoms with van der Waals surface area (Å²) in [6.45, 7) is 2.79. The van der Waals surface area contributed by atoms with Crippen molar-refractivity contribution < 1.29 is 12.8 Å². The second-order valence-electron chi connectivity index (χ2n) is 7.21. The van der Waals surface area contributed by atoms with E-state index in [0.29, 0.717) is 35.2 Å². The lowest BCUT2D eigenvalue weighted by Crippen LogP contribution is -2.47. The molecular formula is C21H23FN4O2S2. The minimum Gasteiger partial charge on any atom is -0.357 e. The van der Waals surface area contributed by atoms with E-state index in [2.05, 4.69) is 15.2 Å². The number of anilines is 1. The van der Waals surface area contributed by atoms with Crippen molar-refractivity contribution in [1.82, 2.24) is 14.2 Å². The molecule has 0 saturated carbocycles. The van der Waals surface area contributed by atoms with Gasteiger partial charge in [0.15, 0.2) is 5.13 Å². The number of thiazole rings is 1. The van der Waals surface area contributed by atoms with Crippen molar-refractivity contribution >= 4 is 26.5 Å². The highest BCUT2D eigenvalue weighted by Gasteiger charge is 2.29. The molecule has 2 heterocycles. The van der Waals surface area contributed by atoms with Crippen LogP contribution in [0.3, 0.4) is 0 Å². The summed E-state index contributed by atoms with van der Waals surface area (Å²) in [7, 11) is -1.55. The van der Waals surface area contributed by atoms with Gasteiger partial charge in [0.25, 0.3) is 0 Å². The Balaban J connectivity index is 1.49. The van der Waals surface area contributed by atoms with Crippen molar-refractivity contribution in [3.05, 3.63) is 65.3 Å². The van der Waals surface area contributed by atoms with Crippen LogP contribution in [0.25, 0.3) is 11.3 Å². The first kappa shape index (κ1) is 20.9. The average Bonchev–Trinajstić information content (AvgIpc) is 3.22. The van der Waals surface area contributed by atoms with Gasteiger partial charge in [-0.05, 0) is 42.9 Å². The van der Waals surface area contributed by atoms with Gasteiger partial charge in [0.2, 0.25) is 10.0 Å². The van der Waals surface area contributed by atoms with Crippen molar-refractivity contribution in [2.75, 3.05) is 38.5 Å². The van der Waals surface area contributed by atoms with Gasteiger partial charge in [-0.3, -0.25) is 0 Å². The number of benzene rings is 2. The third-order valence-electron chi connectivity index (χ3n) is 5.13. The Bertz CT molecular complexity index is 1110. The number of hydrogen-bond donors (Lipinski definition) is 1. The fraction of sp³-hybridized carbons (Fsp3) is 0.286. The Kier molecular flexibility index (Phi) is 6.14. The largest absolute Gasteiger partial charge is 0.357 e. The van der Waals surface area contributed by atoms with Gasteiger partial charge in [-0.15, -0.1) is 11.3 Å². The highest BCUT2D eigenvalue weighted by molar-refractivity contribution is 7.89. The zero-order valence-electron chi connectivity index (χ0n) is 16.6. The number of piperazine rings is 1. The molecule has 0 spiro atoms. The fourth-order valence-corrected chi connectivity index (χ4v) is 5.71. The Labute approximate surface area is 180 Å². The van der Waals surface area contributed by atoms with Gasteiger partial charge in [-0.1, -0.05) is 18.2 Å². The first-order chi connectivity index (χ1) is 14.4. The molecule has 1 aliphatic heterocycles. The Morgan fingerprint density at radius 2 is 1.77 bits per heavy atom. The molecule has 0 radical (unpaired) electrons. The quantitative estimate of drug-likeness (QED) is 0.628. The van der Waals surface area contributed by atoms with Gasteiger partial charge < -0.3 is 10.2 Å². The zero-order valence-corrected chi connectivity index (χ0v) is 18.2. The zero-order chi connectivity index (χ0) is 21.1. The summed E-state index contributed by atoms with van der Waals surface area (Å²) < 4.78 is 41.0. The van der Waals surface area contributed by atoms with Crippen LogP contribution in [0.2, 0.25) is 0 Å². The molecule has 0 unspecified atom stereocenters. The van der Waals surface area contributed by atoms with Crippen LogP contribution in [0.4, 0.5) is 9.52 Å². The molecule has 0 aliphatic carbocycles. The molecular weight excluding hydrogens is 423 g/mol. The van der Waals surface area contributed by atoms with E-state index in [4.69, 9.17) is 0 Å². The van der Waals surface area contributed by atoms with E-state index in [1.807, 2.05) is 24.6 Å². The van der Waals surface area contributed by atoms with E-state index in [1.165, 1.54) is 23.5 Å². The van der Waals surface area contributed by atoms with E-state index >= 15 is 0 Å². The van der Waals surface area contributed by atoms with E-state index in [-0.39, 0.29) is 5.82 Å². The molecule has 6 nitrogen and oxygen atoms in total.